The van der Waals surface area contributed by atoms with Crippen molar-refractivity contribution in [3.05, 3.63) is 47.5 Å². The Hall–Kier alpha value is -3.23. The first-order chi connectivity index (χ1) is 14.0. The van der Waals surface area contributed by atoms with Crippen molar-refractivity contribution in [1.29, 1.82) is 0 Å². The lowest BCUT2D eigenvalue weighted by molar-refractivity contribution is 0.304. The van der Waals surface area contributed by atoms with Gasteiger partial charge in [-0.2, -0.15) is 0 Å². The average Bonchev–Trinajstić information content (AvgIpc) is 2.73. The fraction of sp³-hybridized carbons (Fsp3) is 0.350. The van der Waals surface area contributed by atoms with E-state index in [1.54, 1.807) is 28.4 Å². The second kappa shape index (κ2) is 10.9. The van der Waals surface area contributed by atoms with Gasteiger partial charge >= 0.3 is 0 Å². The summed E-state index contributed by atoms with van der Waals surface area (Å²) >= 11 is 0. The van der Waals surface area contributed by atoms with Crippen molar-refractivity contribution in [2.45, 2.75) is 6.54 Å². The number of nitrogens with one attached hydrogen (secondary N) is 2. The van der Waals surface area contributed by atoms with Crippen LogP contribution in [0, 0.1) is 11.6 Å². The summed E-state index contributed by atoms with van der Waals surface area (Å²) in [4.78, 5) is 4.12. The zero-order chi connectivity index (χ0) is 21.2. The van der Waals surface area contributed by atoms with Crippen molar-refractivity contribution in [3.8, 4) is 23.0 Å². The Labute approximate surface area is 168 Å². The molecule has 0 saturated carbocycles. The highest BCUT2D eigenvalue weighted by Gasteiger charge is 2.13. The van der Waals surface area contributed by atoms with Crippen LogP contribution in [0.4, 0.5) is 8.78 Å². The van der Waals surface area contributed by atoms with Crippen LogP contribution >= 0.6 is 0 Å². The van der Waals surface area contributed by atoms with Crippen molar-refractivity contribution in [2.75, 3.05) is 41.5 Å². The zero-order valence-electron chi connectivity index (χ0n) is 16.8. The first-order valence-corrected chi connectivity index (χ1v) is 8.83. The molecule has 0 aliphatic rings. The summed E-state index contributed by atoms with van der Waals surface area (Å²) in [6.07, 6.45) is 0. The monoisotopic (exact) mass is 409 g/mol. The molecular formula is C20H25F2N3O4. The lowest BCUT2D eigenvalue weighted by Crippen LogP contribution is -2.38. The van der Waals surface area contributed by atoms with Gasteiger partial charge in [0.15, 0.2) is 29.0 Å². The van der Waals surface area contributed by atoms with Crippen LogP contribution in [0.3, 0.4) is 0 Å². The summed E-state index contributed by atoms with van der Waals surface area (Å²) in [6, 6.07) is 6.84. The van der Waals surface area contributed by atoms with Gasteiger partial charge in [0.1, 0.15) is 12.4 Å². The highest BCUT2D eigenvalue weighted by molar-refractivity contribution is 5.79. The van der Waals surface area contributed by atoms with E-state index in [1.165, 1.54) is 6.07 Å². The Morgan fingerprint density at radius 3 is 2.17 bits per heavy atom. The number of methoxy groups -OCH3 is 3. The van der Waals surface area contributed by atoms with Crippen LogP contribution in [-0.4, -0.2) is 47.5 Å². The van der Waals surface area contributed by atoms with Gasteiger partial charge in [0.2, 0.25) is 5.75 Å². The number of benzene rings is 2. The second-order valence-electron chi connectivity index (χ2n) is 5.81. The lowest BCUT2D eigenvalue weighted by Gasteiger charge is -2.16. The van der Waals surface area contributed by atoms with Crippen molar-refractivity contribution < 1.29 is 27.7 Å². The van der Waals surface area contributed by atoms with E-state index in [0.717, 1.165) is 17.7 Å². The van der Waals surface area contributed by atoms with Gasteiger partial charge in [-0.15, -0.1) is 0 Å². The molecule has 2 aromatic carbocycles. The summed E-state index contributed by atoms with van der Waals surface area (Å²) in [5, 5.41) is 6.20. The minimum absolute atomic E-state index is 0.00595. The molecule has 0 aromatic heterocycles. The number of rotatable bonds is 9. The van der Waals surface area contributed by atoms with E-state index < -0.39 is 11.6 Å². The fourth-order valence-electron chi connectivity index (χ4n) is 2.57. The molecule has 0 bridgehead atoms. The number of hydrogen-bond donors (Lipinski definition) is 2. The average molecular weight is 409 g/mol. The molecule has 158 valence electrons. The van der Waals surface area contributed by atoms with Crippen LogP contribution in [0.15, 0.2) is 35.3 Å². The Kier molecular flexibility index (Phi) is 8.32. The predicted octanol–water partition coefficient (Wildman–Crippen LogP) is 2.73. The SMILES string of the molecule is CN=C(NCCOc1ccc(F)cc1F)NCc1cc(OC)c(OC)c(OC)c1. The van der Waals surface area contributed by atoms with Gasteiger partial charge in [0.05, 0.1) is 27.9 Å². The van der Waals surface area contributed by atoms with Crippen molar-refractivity contribution in [3.63, 3.8) is 0 Å². The molecule has 0 heterocycles. The number of ether oxygens (including phenoxy) is 4. The Bertz CT molecular complexity index is 821. The zero-order valence-corrected chi connectivity index (χ0v) is 16.8. The van der Waals surface area contributed by atoms with Gasteiger partial charge in [-0.25, -0.2) is 8.78 Å². The van der Waals surface area contributed by atoms with Crippen molar-refractivity contribution in [2.24, 2.45) is 4.99 Å². The highest BCUT2D eigenvalue weighted by atomic mass is 19.1. The predicted molar refractivity (Wildman–Crippen MR) is 106 cm³/mol. The van der Waals surface area contributed by atoms with Gasteiger partial charge in [-0.3, -0.25) is 4.99 Å². The molecule has 2 aromatic rings. The van der Waals surface area contributed by atoms with Crippen LogP contribution in [0.1, 0.15) is 5.56 Å². The Balaban J connectivity index is 1.87. The standard InChI is InChI=1S/C20H25F2N3O4/c1-23-20(24-7-8-29-16-6-5-14(21)11-15(16)22)25-12-13-9-17(26-2)19(28-4)18(10-13)27-3/h5-6,9-11H,7-8,12H2,1-4H3,(H2,23,24,25). The van der Waals surface area contributed by atoms with Crippen LogP contribution < -0.4 is 29.6 Å². The van der Waals surface area contributed by atoms with E-state index in [2.05, 4.69) is 15.6 Å². The summed E-state index contributed by atoms with van der Waals surface area (Å²) in [6.45, 7) is 0.989. The van der Waals surface area contributed by atoms with Gasteiger partial charge in [0.25, 0.3) is 0 Å². The molecule has 0 radical (unpaired) electrons. The summed E-state index contributed by atoms with van der Waals surface area (Å²) in [7, 11) is 6.28. The fourth-order valence-corrected chi connectivity index (χ4v) is 2.57. The summed E-state index contributed by atoms with van der Waals surface area (Å²) < 4.78 is 47.7. The molecule has 0 unspecified atom stereocenters. The molecular weight excluding hydrogens is 384 g/mol. The molecule has 2 N–H and O–H groups in total. The maximum Gasteiger partial charge on any atom is 0.203 e. The smallest absolute Gasteiger partial charge is 0.203 e. The third kappa shape index (κ3) is 6.13. The molecule has 2 rings (SSSR count). The van der Waals surface area contributed by atoms with E-state index in [0.29, 0.717) is 36.3 Å². The van der Waals surface area contributed by atoms with Gasteiger partial charge < -0.3 is 29.6 Å². The molecule has 0 saturated heterocycles. The molecule has 0 aliphatic heterocycles. The Morgan fingerprint density at radius 2 is 1.62 bits per heavy atom. The number of aliphatic imine (C=N–C) groups is 1. The topological polar surface area (TPSA) is 73.3 Å². The minimum atomic E-state index is -0.741. The quantitative estimate of drug-likeness (QED) is 0.377. The van der Waals surface area contributed by atoms with Gasteiger partial charge in [0, 0.05) is 19.7 Å². The number of nitrogens with zero attached hydrogens (tertiary/aromatic N) is 1. The maximum atomic E-state index is 13.5. The maximum absolute atomic E-state index is 13.5. The molecule has 29 heavy (non-hydrogen) atoms. The van der Waals surface area contributed by atoms with E-state index in [-0.39, 0.29) is 12.4 Å². The van der Waals surface area contributed by atoms with Gasteiger partial charge in [-0.05, 0) is 29.8 Å². The normalized spacial score (nSPS) is 11.0. The van der Waals surface area contributed by atoms with Crippen LogP contribution in [0.2, 0.25) is 0 Å². The van der Waals surface area contributed by atoms with Crippen LogP contribution in [-0.2, 0) is 6.54 Å². The van der Waals surface area contributed by atoms with Crippen molar-refractivity contribution in [1.82, 2.24) is 10.6 Å². The van der Waals surface area contributed by atoms with E-state index in [4.69, 9.17) is 18.9 Å². The largest absolute Gasteiger partial charge is 0.493 e. The molecule has 0 amide bonds. The first-order valence-electron chi connectivity index (χ1n) is 8.83. The van der Waals surface area contributed by atoms with Gasteiger partial charge in [-0.1, -0.05) is 0 Å². The number of hydrogen-bond acceptors (Lipinski definition) is 5. The minimum Gasteiger partial charge on any atom is -0.493 e. The second-order valence-corrected chi connectivity index (χ2v) is 5.81. The van der Waals surface area contributed by atoms with Crippen molar-refractivity contribution >= 4 is 5.96 Å². The molecule has 0 atom stereocenters. The van der Waals surface area contributed by atoms with Crippen LogP contribution in [0.25, 0.3) is 0 Å². The third-order valence-electron chi connectivity index (χ3n) is 3.95. The molecule has 7 nitrogen and oxygen atoms in total. The molecule has 0 aliphatic carbocycles. The Morgan fingerprint density at radius 1 is 0.931 bits per heavy atom. The van der Waals surface area contributed by atoms with E-state index >= 15 is 0 Å². The number of guanidine groups is 1. The third-order valence-corrected chi connectivity index (χ3v) is 3.95. The lowest BCUT2D eigenvalue weighted by atomic mass is 10.2. The molecule has 0 spiro atoms. The molecule has 9 heteroatoms. The summed E-state index contributed by atoms with van der Waals surface area (Å²) in [5.74, 6) is 0.767. The van der Waals surface area contributed by atoms with Crippen LogP contribution in [0.5, 0.6) is 23.0 Å². The highest BCUT2D eigenvalue weighted by Crippen LogP contribution is 2.38. The number of halogens is 2. The first kappa shape index (κ1) is 22.1. The van der Waals surface area contributed by atoms with E-state index in [9.17, 15) is 8.78 Å². The van der Waals surface area contributed by atoms with E-state index in [1.807, 2.05) is 12.1 Å². The summed E-state index contributed by atoms with van der Waals surface area (Å²) in [5.41, 5.74) is 0.895. The molecule has 0 fully saturated rings.